The van der Waals surface area contributed by atoms with E-state index >= 15 is 0 Å². The van der Waals surface area contributed by atoms with Crippen LogP contribution in [0, 0.1) is 0 Å². The molecule has 25 heavy (non-hydrogen) atoms. The molecular weight excluding hydrogens is 320 g/mol. The summed E-state index contributed by atoms with van der Waals surface area (Å²) in [6.45, 7) is 1.97. The van der Waals surface area contributed by atoms with Gasteiger partial charge in [0.15, 0.2) is 6.61 Å². The Labute approximate surface area is 144 Å². The van der Waals surface area contributed by atoms with Gasteiger partial charge < -0.3 is 9.26 Å². The largest absolute Gasteiger partial charge is 0.452 e. The maximum atomic E-state index is 12.0. The second kappa shape index (κ2) is 7.53. The first-order valence-corrected chi connectivity index (χ1v) is 7.84. The van der Waals surface area contributed by atoms with Gasteiger partial charge in [0.25, 0.3) is 5.89 Å². The van der Waals surface area contributed by atoms with Crippen LogP contribution in [0.15, 0.2) is 53.1 Å². The smallest absolute Gasteiger partial charge is 0.338 e. The fourth-order valence-electron chi connectivity index (χ4n) is 2.23. The van der Waals surface area contributed by atoms with E-state index in [1.165, 1.54) is 17.7 Å². The molecule has 1 heterocycles. The van der Waals surface area contributed by atoms with Crippen molar-refractivity contribution in [3.63, 3.8) is 0 Å². The Morgan fingerprint density at radius 1 is 1.12 bits per heavy atom. The van der Waals surface area contributed by atoms with Crippen molar-refractivity contribution < 1.29 is 18.8 Å². The van der Waals surface area contributed by atoms with Crippen molar-refractivity contribution in [1.29, 1.82) is 0 Å². The van der Waals surface area contributed by atoms with Crippen LogP contribution in [0.3, 0.4) is 0 Å². The van der Waals surface area contributed by atoms with Crippen LogP contribution in [-0.4, -0.2) is 22.4 Å². The Morgan fingerprint density at radius 3 is 2.48 bits per heavy atom. The molecule has 0 bridgehead atoms. The van der Waals surface area contributed by atoms with Crippen molar-refractivity contribution in [2.24, 2.45) is 0 Å². The van der Waals surface area contributed by atoms with E-state index in [1.807, 2.05) is 24.3 Å². The van der Waals surface area contributed by atoms with Crippen LogP contribution < -0.4 is 0 Å². The SMILES string of the molecule is CCc1ccc(-c2noc(COC(=O)c3ccc(C=O)cc3)n2)cc1. The zero-order valence-corrected chi connectivity index (χ0v) is 13.6. The van der Waals surface area contributed by atoms with Gasteiger partial charge in [0.1, 0.15) is 6.29 Å². The lowest BCUT2D eigenvalue weighted by molar-refractivity contribution is 0.0429. The molecule has 0 unspecified atom stereocenters. The lowest BCUT2D eigenvalue weighted by Gasteiger charge is -2.01. The van der Waals surface area contributed by atoms with Gasteiger partial charge in [-0.05, 0) is 24.1 Å². The maximum absolute atomic E-state index is 12.0. The van der Waals surface area contributed by atoms with E-state index in [0.29, 0.717) is 23.2 Å². The summed E-state index contributed by atoms with van der Waals surface area (Å²) in [4.78, 5) is 26.8. The summed E-state index contributed by atoms with van der Waals surface area (Å²) in [6.07, 6.45) is 1.67. The topological polar surface area (TPSA) is 82.3 Å². The van der Waals surface area contributed by atoms with Crippen molar-refractivity contribution >= 4 is 12.3 Å². The number of hydrogen-bond donors (Lipinski definition) is 0. The molecule has 0 fully saturated rings. The quantitative estimate of drug-likeness (QED) is 0.506. The standard InChI is InChI=1S/C19H16N2O4/c1-2-13-3-7-15(8-4-13)18-20-17(25-21-18)12-24-19(23)16-9-5-14(11-22)6-10-16/h3-11H,2,12H2,1H3. The minimum atomic E-state index is -0.524. The molecule has 0 saturated carbocycles. The Balaban J connectivity index is 1.62. The number of aromatic nitrogens is 2. The van der Waals surface area contributed by atoms with Gasteiger partial charge in [-0.15, -0.1) is 0 Å². The molecule has 1 aromatic heterocycles. The van der Waals surface area contributed by atoms with Gasteiger partial charge in [-0.3, -0.25) is 4.79 Å². The van der Waals surface area contributed by atoms with Crippen LogP contribution >= 0.6 is 0 Å². The minimum absolute atomic E-state index is 0.117. The molecule has 0 amide bonds. The monoisotopic (exact) mass is 336 g/mol. The second-order valence-electron chi connectivity index (χ2n) is 5.38. The average molecular weight is 336 g/mol. The van der Waals surface area contributed by atoms with E-state index in [2.05, 4.69) is 17.1 Å². The molecule has 3 rings (SSSR count). The molecule has 0 N–H and O–H groups in total. The zero-order valence-electron chi connectivity index (χ0n) is 13.6. The lowest BCUT2D eigenvalue weighted by Crippen LogP contribution is -2.05. The van der Waals surface area contributed by atoms with Gasteiger partial charge in [-0.25, -0.2) is 4.79 Å². The number of hydrogen-bond acceptors (Lipinski definition) is 6. The van der Waals surface area contributed by atoms with Gasteiger partial charge in [-0.1, -0.05) is 48.5 Å². The molecule has 126 valence electrons. The molecule has 0 saturated heterocycles. The molecule has 0 aliphatic heterocycles. The first-order valence-electron chi connectivity index (χ1n) is 7.84. The zero-order chi connectivity index (χ0) is 17.6. The molecule has 0 atom stereocenters. The molecule has 2 aromatic carbocycles. The van der Waals surface area contributed by atoms with Gasteiger partial charge in [0.05, 0.1) is 5.56 Å². The molecule has 6 nitrogen and oxygen atoms in total. The number of benzene rings is 2. The van der Waals surface area contributed by atoms with E-state index < -0.39 is 5.97 Å². The number of esters is 1. The van der Waals surface area contributed by atoms with Crippen molar-refractivity contribution in [2.75, 3.05) is 0 Å². The first kappa shape index (κ1) is 16.6. The van der Waals surface area contributed by atoms with Crippen molar-refractivity contribution in [2.45, 2.75) is 20.0 Å². The van der Waals surface area contributed by atoms with E-state index in [-0.39, 0.29) is 12.5 Å². The predicted molar refractivity (Wildman–Crippen MR) is 90.1 cm³/mol. The van der Waals surface area contributed by atoms with Gasteiger partial charge in [0.2, 0.25) is 5.82 Å². The number of nitrogens with zero attached hydrogens (tertiary/aromatic N) is 2. The van der Waals surface area contributed by atoms with E-state index in [4.69, 9.17) is 9.26 Å². The van der Waals surface area contributed by atoms with E-state index in [1.54, 1.807) is 12.1 Å². The highest BCUT2D eigenvalue weighted by Gasteiger charge is 2.12. The molecule has 3 aromatic rings. The van der Waals surface area contributed by atoms with Crippen LogP contribution in [0.25, 0.3) is 11.4 Å². The van der Waals surface area contributed by atoms with Crippen molar-refractivity contribution in [3.05, 3.63) is 71.1 Å². The molecule has 0 radical (unpaired) electrons. The summed E-state index contributed by atoms with van der Waals surface area (Å²) in [5.74, 6) is 0.140. The molecule has 6 heteroatoms. The lowest BCUT2D eigenvalue weighted by atomic mass is 10.1. The maximum Gasteiger partial charge on any atom is 0.338 e. The third kappa shape index (κ3) is 3.98. The van der Waals surface area contributed by atoms with E-state index in [0.717, 1.165) is 12.0 Å². The summed E-state index contributed by atoms with van der Waals surface area (Å²) in [5.41, 5.74) is 2.90. The summed E-state index contributed by atoms with van der Waals surface area (Å²) < 4.78 is 10.3. The summed E-state index contributed by atoms with van der Waals surface area (Å²) in [7, 11) is 0. The van der Waals surface area contributed by atoms with Gasteiger partial charge in [-0.2, -0.15) is 4.98 Å². The Kier molecular flexibility index (Phi) is 4.99. The fraction of sp³-hybridized carbons (Fsp3) is 0.158. The number of carbonyl (C=O) groups is 2. The number of carbonyl (C=O) groups excluding carboxylic acids is 2. The van der Waals surface area contributed by atoms with Crippen LogP contribution in [0.1, 0.15) is 39.1 Å². The molecule has 0 spiro atoms. The third-order valence-electron chi connectivity index (χ3n) is 3.70. The third-order valence-corrected chi connectivity index (χ3v) is 3.70. The van der Waals surface area contributed by atoms with Crippen LogP contribution in [0.2, 0.25) is 0 Å². The van der Waals surface area contributed by atoms with Crippen LogP contribution in [0.5, 0.6) is 0 Å². The normalized spacial score (nSPS) is 10.4. The second-order valence-corrected chi connectivity index (χ2v) is 5.38. The molecular formula is C19H16N2O4. The summed E-state index contributed by atoms with van der Waals surface area (Å²) in [6, 6.07) is 14.0. The highest BCUT2D eigenvalue weighted by Crippen LogP contribution is 2.17. The highest BCUT2D eigenvalue weighted by molar-refractivity contribution is 5.90. The first-order chi connectivity index (χ1) is 12.2. The summed E-state index contributed by atoms with van der Waals surface area (Å²) >= 11 is 0. The fourth-order valence-corrected chi connectivity index (χ4v) is 2.23. The Morgan fingerprint density at radius 2 is 1.84 bits per heavy atom. The number of aryl methyl sites for hydroxylation is 1. The molecule has 0 aliphatic carbocycles. The number of ether oxygens (including phenoxy) is 1. The van der Waals surface area contributed by atoms with Crippen molar-refractivity contribution in [3.8, 4) is 11.4 Å². The minimum Gasteiger partial charge on any atom is -0.452 e. The predicted octanol–water partition coefficient (Wildman–Crippen LogP) is 3.47. The number of rotatable bonds is 6. The van der Waals surface area contributed by atoms with Crippen LogP contribution in [0.4, 0.5) is 0 Å². The van der Waals surface area contributed by atoms with E-state index in [9.17, 15) is 9.59 Å². The van der Waals surface area contributed by atoms with Crippen LogP contribution in [-0.2, 0) is 17.8 Å². The van der Waals surface area contributed by atoms with Gasteiger partial charge in [0, 0.05) is 11.1 Å². The number of aldehydes is 1. The highest BCUT2D eigenvalue weighted by atomic mass is 16.6. The Bertz CT molecular complexity index is 867. The van der Waals surface area contributed by atoms with Crippen molar-refractivity contribution in [1.82, 2.24) is 10.1 Å². The summed E-state index contributed by atoms with van der Waals surface area (Å²) in [5, 5.41) is 3.90. The molecule has 0 aliphatic rings. The van der Waals surface area contributed by atoms with Gasteiger partial charge >= 0.3 is 5.97 Å². The Hall–Kier alpha value is -3.28. The average Bonchev–Trinajstić information content (AvgIpc) is 3.15.